The molecule has 1 aromatic rings. The fourth-order valence-corrected chi connectivity index (χ4v) is 3.00. The maximum absolute atomic E-state index is 4.75. The second-order valence-corrected chi connectivity index (χ2v) is 5.44. The Morgan fingerprint density at radius 1 is 1.27 bits per heavy atom. The Hall–Kier alpha value is -0.370. The predicted molar refractivity (Wildman–Crippen MR) is 65.6 cm³/mol. The zero-order chi connectivity index (χ0) is 10.4. The van der Waals surface area contributed by atoms with Crippen molar-refractivity contribution in [3.05, 3.63) is 28.6 Å². The van der Waals surface area contributed by atoms with Gasteiger partial charge in [-0.2, -0.15) is 0 Å². The summed E-state index contributed by atoms with van der Waals surface area (Å²) < 4.78 is 0. The smallest absolute Gasteiger partial charge is 0.0440 e. The summed E-state index contributed by atoms with van der Waals surface area (Å²) in [5.74, 6) is 1.63. The first kappa shape index (κ1) is 9.83. The van der Waals surface area contributed by atoms with Crippen LogP contribution in [0, 0.1) is 6.92 Å². The van der Waals surface area contributed by atoms with Crippen LogP contribution < -0.4 is 0 Å². The van der Waals surface area contributed by atoms with E-state index in [0.29, 0.717) is 0 Å². The van der Waals surface area contributed by atoms with Crippen LogP contribution in [-0.4, -0.2) is 4.98 Å². The minimum absolute atomic E-state index is 0.783. The molecule has 1 heterocycles. The normalized spacial score (nSPS) is 20.7. The maximum atomic E-state index is 4.75. The summed E-state index contributed by atoms with van der Waals surface area (Å²) in [5.41, 5.74) is 5.64. The lowest BCUT2D eigenvalue weighted by atomic mass is 10.0. The Balaban J connectivity index is 2.06. The Morgan fingerprint density at radius 3 is 2.47 bits per heavy atom. The predicted octanol–water partition coefficient (Wildman–Crippen LogP) is 4.04. The number of aromatic nitrogens is 1. The maximum Gasteiger partial charge on any atom is 0.0440 e. The molecule has 0 saturated heterocycles. The summed E-state index contributed by atoms with van der Waals surface area (Å²) in [5, 5.41) is 0.961. The monoisotopic (exact) mass is 265 g/mol. The lowest BCUT2D eigenvalue weighted by molar-refractivity contribution is 0.942. The zero-order valence-electron chi connectivity index (χ0n) is 9.09. The molecule has 0 aliphatic heterocycles. The molecule has 1 nitrogen and oxygen atoms in total. The molecule has 0 aromatic carbocycles. The van der Waals surface area contributed by atoms with Crippen molar-refractivity contribution in [1.29, 1.82) is 0 Å². The molecule has 2 aliphatic rings. The molecule has 0 spiro atoms. The largest absolute Gasteiger partial charge is 0.258 e. The van der Waals surface area contributed by atoms with Crippen LogP contribution in [-0.2, 0) is 5.33 Å². The summed E-state index contributed by atoms with van der Waals surface area (Å²) in [6, 6.07) is 2.39. The molecule has 2 aliphatic carbocycles. The lowest BCUT2D eigenvalue weighted by Crippen LogP contribution is -2.00. The molecular formula is C13H16BrN. The van der Waals surface area contributed by atoms with Crippen molar-refractivity contribution in [2.75, 3.05) is 0 Å². The summed E-state index contributed by atoms with van der Waals surface area (Å²) in [6.07, 6.45) is 5.47. The van der Waals surface area contributed by atoms with Gasteiger partial charge in [0, 0.05) is 22.6 Å². The van der Waals surface area contributed by atoms with Gasteiger partial charge in [-0.05, 0) is 55.7 Å². The van der Waals surface area contributed by atoms with Gasteiger partial charge in [0.1, 0.15) is 0 Å². The van der Waals surface area contributed by atoms with E-state index in [9.17, 15) is 0 Å². The number of pyridine rings is 1. The van der Waals surface area contributed by atoms with Crippen LogP contribution in [0.2, 0.25) is 0 Å². The van der Waals surface area contributed by atoms with Gasteiger partial charge in [-0.25, -0.2) is 0 Å². The number of nitrogens with zero attached hydrogens (tertiary/aromatic N) is 1. The Morgan fingerprint density at radius 2 is 1.93 bits per heavy atom. The SMILES string of the molecule is Cc1nc(C2CC2)cc(C2CC2)c1CBr. The molecule has 2 fully saturated rings. The highest BCUT2D eigenvalue weighted by atomic mass is 79.9. The van der Waals surface area contributed by atoms with E-state index in [2.05, 4.69) is 28.9 Å². The average Bonchev–Trinajstić information content (AvgIpc) is 3.07. The van der Waals surface area contributed by atoms with E-state index in [-0.39, 0.29) is 0 Å². The van der Waals surface area contributed by atoms with E-state index in [4.69, 9.17) is 4.98 Å². The Bertz CT molecular complexity index is 392. The third-order valence-electron chi connectivity index (χ3n) is 3.53. The second-order valence-electron chi connectivity index (χ2n) is 4.88. The van der Waals surface area contributed by atoms with Gasteiger partial charge in [-0.1, -0.05) is 15.9 Å². The van der Waals surface area contributed by atoms with Gasteiger partial charge in [0.05, 0.1) is 0 Å². The van der Waals surface area contributed by atoms with E-state index < -0.39 is 0 Å². The lowest BCUT2D eigenvalue weighted by Gasteiger charge is -2.11. The molecule has 0 N–H and O–H groups in total. The highest BCUT2D eigenvalue weighted by molar-refractivity contribution is 9.08. The van der Waals surface area contributed by atoms with Crippen LogP contribution in [0.3, 0.4) is 0 Å². The molecule has 0 radical (unpaired) electrons. The van der Waals surface area contributed by atoms with Crippen molar-refractivity contribution < 1.29 is 0 Å². The highest BCUT2D eigenvalue weighted by Gasteiger charge is 2.31. The van der Waals surface area contributed by atoms with Gasteiger partial charge in [-0.3, -0.25) is 4.98 Å². The van der Waals surface area contributed by atoms with Crippen LogP contribution in [0.15, 0.2) is 6.07 Å². The van der Waals surface area contributed by atoms with E-state index in [1.807, 2.05) is 0 Å². The number of hydrogen-bond acceptors (Lipinski definition) is 1. The van der Waals surface area contributed by atoms with Crippen LogP contribution in [0.25, 0.3) is 0 Å². The van der Waals surface area contributed by atoms with Crippen LogP contribution in [0.5, 0.6) is 0 Å². The van der Waals surface area contributed by atoms with Crippen molar-refractivity contribution in [3.63, 3.8) is 0 Å². The van der Waals surface area contributed by atoms with Crippen LogP contribution in [0.4, 0.5) is 0 Å². The third-order valence-corrected chi connectivity index (χ3v) is 4.09. The van der Waals surface area contributed by atoms with Gasteiger partial charge >= 0.3 is 0 Å². The first-order chi connectivity index (χ1) is 7.29. The fourth-order valence-electron chi connectivity index (χ4n) is 2.27. The fraction of sp³-hybridized carbons (Fsp3) is 0.615. The summed E-state index contributed by atoms with van der Waals surface area (Å²) in [7, 11) is 0. The minimum Gasteiger partial charge on any atom is -0.258 e. The summed E-state index contributed by atoms with van der Waals surface area (Å²) in [6.45, 7) is 2.16. The van der Waals surface area contributed by atoms with Crippen molar-refractivity contribution >= 4 is 15.9 Å². The average molecular weight is 266 g/mol. The first-order valence-corrected chi connectivity index (χ1v) is 6.98. The Labute approximate surface area is 99.4 Å². The van der Waals surface area contributed by atoms with E-state index in [1.54, 1.807) is 5.56 Å². The second kappa shape index (κ2) is 3.58. The van der Waals surface area contributed by atoms with Crippen LogP contribution >= 0.6 is 15.9 Å². The van der Waals surface area contributed by atoms with Crippen LogP contribution in [0.1, 0.15) is 60.0 Å². The molecule has 0 atom stereocenters. The minimum atomic E-state index is 0.783. The Kier molecular flexibility index (Phi) is 2.35. The van der Waals surface area contributed by atoms with E-state index in [0.717, 1.165) is 17.2 Å². The number of alkyl halides is 1. The third kappa shape index (κ3) is 1.84. The molecule has 0 amide bonds. The van der Waals surface area contributed by atoms with Gasteiger partial charge in [-0.15, -0.1) is 0 Å². The molecule has 3 rings (SSSR count). The van der Waals surface area contributed by atoms with Gasteiger partial charge < -0.3 is 0 Å². The number of aryl methyl sites for hydroxylation is 1. The molecule has 80 valence electrons. The number of halogens is 1. The zero-order valence-corrected chi connectivity index (χ0v) is 10.7. The molecule has 2 heteroatoms. The van der Waals surface area contributed by atoms with Crippen molar-refractivity contribution in [2.45, 2.75) is 49.8 Å². The topological polar surface area (TPSA) is 12.9 Å². The molecular weight excluding hydrogens is 250 g/mol. The molecule has 15 heavy (non-hydrogen) atoms. The van der Waals surface area contributed by atoms with E-state index in [1.165, 1.54) is 42.6 Å². The molecule has 1 aromatic heterocycles. The highest BCUT2D eigenvalue weighted by Crippen LogP contribution is 2.46. The van der Waals surface area contributed by atoms with Gasteiger partial charge in [0.15, 0.2) is 0 Å². The summed E-state index contributed by atoms with van der Waals surface area (Å²) in [4.78, 5) is 4.75. The van der Waals surface area contributed by atoms with E-state index >= 15 is 0 Å². The first-order valence-electron chi connectivity index (χ1n) is 5.86. The van der Waals surface area contributed by atoms with Crippen molar-refractivity contribution in [3.8, 4) is 0 Å². The standard InChI is InChI=1S/C13H16BrN/c1-8-12(7-14)11(9-2-3-9)6-13(15-8)10-4-5-10/h6,9-10H,2-5,7H2,1H3. The number of rotatable bonds is 3. The summed E-state index contributed by atoms with van der Waals surface area (Å²) >= 11 is 3.59. The molecule has 0 bridgehead atoms. The molecule has 0 unspecified atom stereocenters. The van der Waals surface area contributed by atoms with Gasteiger partial charge in [0.25, 0.3) is 0 Å². The molecule has 2 saturated carbocycles. The van der Waals surface area contributed by atoms with Gasteiger partial charge in [0.2, 0.25) is 0 Å². The van der Waals surface area contributed by atoms with Crippen molar-refractivity contribution in [2.24, 2.45) is 0 Å². The quantitative estimate of drug-likeness (QED) is 0.752. The number of hydrogen-bond donors (Lipinski definition) is 0. The van der Waals surface area contributed by atoms with Crippen molar-refractivity contribution in [1.82, 2.24) is 4.98 Å².